The van der Waals surface area contributed by atoms with Crippen LogP contribution in [0.1, 0.15) is 40.7 Å². The first kappa shape index (κ1) is 18.1. The number of hydrogen-bond donors (Lipinski definition) is 3. The van der Waals surface area contributed by atoms with E-state index in [0.29, 0.717) is 11.3 Å². The van der Waals surface area contributed by atoms with E-state index >= 15 is 0 Å². The molecule has 0 aliphatic rings. The van der Waals surface area contributed by atoms with Gasteiger partial charge in [-0.2, -0.15) is 0 Å². The SMILES string of the molecule is Cc1cc(C)c(NC(=O)NCC(C)(O)c2cc(C)oc2C)c(C)c1. The predicted molar refractivity (Wildman–Crippen MR) is 95.4 cm³/mol. The zero-order valence-corrected chi connectivity index (χ0v) is 15.2. The Labute approximate surface area is 143 Å². The fourth-order valence-electron chi connectivity index (χ4n) is 3.05. The van der Waals surface area contributed by atoms with Crippen molar-refractivity contribution in [3.8, 4) is 0 Å². The van der Waals surface area contributed by atoms with Crippen LogP contribution >= 0.6 is 0 Å². The second-order valence-electron chi connectivity index (χ2n) is 6.68. The van der Waals surface area contributed by atoms with Crippen molar-refractivity contribution in [1.29, 1.82) is 0 Å². The van der Waals surface area contributed by atoms with Crippen molar-refractivity contribution in [2.75, 3.05) is 11.9 Å². The van der Waals surface area contributed by atoms with E-state index in [1.165, 1.54) is 0 Å². The molecular formula is C19H26N2O3. The van der Waals surface area contributed by atoms with Gasteiger partial charge in [-0.25, -0.2) is 4.79 Å². The highest BCUT2D eigenvalue weighted by atomic mass is 16.3. The summed E-state index contributed by atoms with van der Waals surface area (Å²) in [6.45, 7) is 11.3. The van der Waals surface area contributed by atoms with Gasteiger partial charge >= 0.3 is 6.03 Å². The Hall–Kier alpha value is -2.27. The summed E-state index contributed by atoms with van der Waals surface area (Å²) in [7, 11) is 0. The van der Waals surface area contributed by atoms with Crippen LogP contribution in [-0.4, -0.2) is 17.7 Å². The Morgan fingerprint density at radius 2 is 1.71 bits per heavy atom. The predicted octanol–water partition coefficient (Wildman–Crippen LogP) is 3.85. The highest BCUT2D eigenvalue weighted by Gasteiger charge is 2.28. The number of hydrogen-bond acceptors (Lipinski definition) is 3. The summed E-state index contributed by atoms with van der Waals surface area (Å²) in [5.41, 5.74) is 3.46. The van der Waals surface area contributed by atoms with Gasteiger partial charge in [-0.1, -0.05) is 17.7 Å². The van der Waals surface area contributed by atoms with Crippen LogP contribution in [0, 0.1) is 34.6 Å². The smallest absolute Gasteiger partial charge is 0.319 e. The van der Waals surface area contributed by atoms with Crippen molar-refractivity contribution < 1.29 is 14.3 Å². The van der Waals surface area contributed by atoms with Gasteiger partial charge in [-0.3, -0.25) is 0 Å². The highest BCUT2D eigenvalue weighted by Crippen LogP contribution is 2.26. The molecule has 5 heteroatoms. The van der Waals surface area contributed by atoms with E-state index < -0.39 is 5.60 Å². The maximum atomic E-state index is 12.2. The summed E-state index contributed by atoms with van der Waals surface area (Å²) in [6, 6.07) is 5.50. The maximum absolute atomic E-state index is 12.2. The molecule has 0 aliphatic carbocycles. The van der Waals surface area contributed by atoms with E-state index in [9.17, 15) is 9.90 Å². The maximum Gasteiger partial charge on any atom is 0.319 e. The normalized spacial score (nSPS) is 13.5. The van der Waals surface area contributed by atoms with Crippen LogP contribution in [0.2, 0.25) is 0 Å². The van der Waals surface area contributed by atoms with Gasteiger partial charge in [0.05, 0.1) is 6.54 Å². The molecule has 0 saturated heterocycles. The second kappa shape index (κ2) is 6.69. The molecule has 5 nitrogen and oxygen atoms in total. The third-order valence-corrected chi connectivity index (χ3v) is 4.13. The van der Waals surface area contributed by atoms with Crippen LogP contribution in [0.25, 0.3) is 0 Å². The number of benzene rings is 1. The van der Waals surface area contributed by atoms with Crippen LogP contribution in [0.15, 0.2) is 22.6 Å². The number of carbonyl (C=O) groups is 1. The molecule has 2 rings (SSSR count). The van der Waals surface area contributed by atoms with Crippen molar-refractivity contribution in [1.82, 2.24) is 5.32 Å². The Morgan fingerprint density at radius 3 is 2.21 bits per heavy atom. The van der Waals surface area contributed by atoms with E-state index in [1.807, 2.05) is 39.8 Å². The standard InChI is InChI=1S/C19H26N2O3/c1-11-7-12(2)17(13(3)8-11)21-18(22)20-10-19(6,23)16-9-14(4)24-15(16)5/h7-9,23H,10H2,1-6H3,(H2,20,21,22). The summed E-state index contributed by atoms with van der Waals surface area (Å²) < 4.78 is 5.46. The molecule has 3 N–H and O–H groups in total. The van der Waals surface area contributed by atoms with Crippen LogP contribution in [-0.2, 0) is 5.60 Å². The minimum Gasteiger partial charge on any atom is -0.466 e. The van der Waals surface area contributed by atoms with Gasteiger partial charge in [0.15, 0.2) is 0 Å². The number of furan rings is 1. The van der Waals surface area contributed by atoms with Crippen molar-refractivity contribution >= 4 is 11.7 Å². The molecule has 0 spiro atoms. The van der Waals surface area contributed by atoms with Gasteiger partial charge in [0.2, 0.25) is 0 Å². The summed E-state index contributed by atoms with van der Waals surface area (Å²) in [4.78, 5) is 12.2. The quantitative estimate of drug-likeness (QED) is 0.797. The molecule has 0 radical (unpaired) electrons. The molecule has 0 saturated carbocycles. The monoisotopic (exact) mass is 330 g/mol. The zero-order chi connectivity index (χ0) is 18.1. The van der Waals surface area contributed by atoms with Gasteiger partial charge in [-0.05, 0) is 58.7 Å². The number of amides is 2. The largest absolute Gasteiger partial charge is 0.466 e. The molecule has 130 valence electrons. The molecule has 1 atom stereocenters. The lowest BCUT2D eigenvalue weighted by Crippen LogP contribution is -2.40. The average Bonchev–Trinajstić information content (AvgIpc) is 2.80. The highest BCUT2D eigenvalue weighted by molar-refractivity contribution is 5.91. The van der Waals surface area contributed by atoms with Gasteiger partial charge in [0, 0.05) is 11.3 Å². The van der Waals surface area contributed by atoms with Crippen molar-refractivity contribution in [3.63, 3.8) is 0 Å². The van der Waals surface area contributed by atoms with Crippen LogP contribution < -0.4 is 10.6 Å². The number of aryl methyl sites for hydroxylation is 5. The number of rotatable bonds is 4. The molecule has 0 aliphatic heterocycles. The average molecular weight is 330 g/mol. The second-order valence-corrected chi connectivity index (χ2v) is 6.68. The topological polar surface area (TPSA) is 74.5 Å². The summed E-state index contributed by atoms with van der Waals surface area (Å²) in [5, 5.41) is 16.2. The molecule has 1 unspecified atom stereocenters. The first-order valence-corrected chi connectivity index (χ1v) is 8.03. The molecule has 0 bridgehead atoms. The molecule has 1 aromatic heterocycles. The molecule has 2 aromatic rings. The molecule has 1 heterocycles. The number of urea groups is 1. The Kier molecular flexibility index (Phi) is 5.04. The summed E-state index contributed by atoms with van der Waals surface area (Å²) in [6.07, 6.45) is 0. The molecular weight excluding hydrogens is 304 g/mol. The fraction of sp³-hybridized carbons (Fsp3) is 0.421. The minimum atomic E-state index is -1.20. The summed E-state index contributed by atoms with van der Waals surface area (Å²) in [5.74, 6) is 1.39. The lowest BCUT2D eigenvalue weighted by molar-refractivity contribution is 0.0584. The third-order valence-electron chi connectivity index (χ3n) is 4.13. The van der Waals surface area contributed by atoms with E-state index in [-0.39, 0.29) is 12.6 Å². The first-order chi connectivity index (χ1) is 11.1. The van der Waals surface area contributed by atoms with Crippen molar-refractivity contribution in [2.24, 2.45) is 0 Å². The van der Waals surface area contributed by atoms with Gasteiger partial charge in [0.25, 0.3) is 0 Å². The van der Waals surface area contributed by atoms with Crippen molar-refractivity contribution in [3.05, 3.63) is 52.0 Å². The van der Waals surface area contributed by atoms with Gasteiger partial charge < -0.3 is 20.2 Å². The number of anilines is 1. The number of nitrogens with one attached hydrogen (secondary N) is 2. The number of carbonyl (C=O) groups excluding carboxylic acids is 1. The fourth-order valence-corrected chi connectivity index (χ4v) is 3.05. The van der Waals surface area contributed by atoms with Crippen LogP contribution in [0.5, 0.6) is 0 Å². The Morgan fingerprint density at radius 1 is 1.12 bits per heavy atom. The molecule has 0 fully saturated rings. The summed E-state index contributed by atoms with van der Waals surface area (Å²) >= 11 is 0. The lowest BCUT2D eigenvalue weighted by Gasteiger charge is -2.23. The number of aliphatic hydroxyl groups is 1. The minimum absolute atomic E-state index is 0.0859. The van der Waals surface area contributed by atoms with E-state index in [0.717, 1.165) is 28.1 Å². The Balaban J connectivity index is 2.04. The first-order valence-electron chi connectivity index (χ1n) is 8.03. The van der Waals surface area contributed by atoms with Gasteiger partial charge in [-0.15, -0.1) is 0 Å². The van der Waals surface area contributed by atoms with Crippen LogP contribution in [0.4, 0.5) is 10.5 Å². The third kappa shape index (κ3) is 3.97. The zero-order valence-electron chi connectivity index (χ0n) is 15.2. The van der Waals surface area contributed by atoms with Gasteiger partial charge in [0.1, 0.15) is 17.1 Å². The van der Waals surface area contributed by atoms with Crippen molar-refractivity contribution in [2.45, 2.75) is 47.1 Å². The van der Waals surface area contributed by atoms with E-state index in [4.69, 9.17) is 4.42 Å². The molecule has 2 amide bonds. The molecule has 24 heavy (non-hydrogen) atoms. The lowest BCUT2D eigenvalue weighted by atomic mass is 9.96. The molecule has 1 aromatic carbocycles. The van der Waals surface area contributed by atoms with E-state index in [1.54, 1.807) is 19.9 Å². The van der Waals surface area contributed by atoms with Crippen LogP contribution in [0.3, 0.4) is 0 Å². The Bertz CT molecular complexity index is 737. The van der Waals surface area contributed by atoms with E-state index in [2.05, 4.69) is 10.6 Å².